The zero-order valence-electron chi connectivity index (χ0n) is 10.6. The SMILES string of the molecule is CCC(C)CNc1ccc2c(n1)OCCNC2. The van der Waals surface area contributed by atoms with Gasteiger partial charge in [-0.15, -0.1) is 0 Å². The number of fused-ring (bicyclic) bond motifs is 1. The molecular formula is C13H21N3O. The molecule has 1 aromatic rings. The van der Waals surface area contributed by atoms with Gasteiger partial charge in [-0.3, -0.25) is 0 Å². The zero-order valence-corrected chi connectivity index (χ0v) is 10.6. The van der Waals surface area contributed by atoms with Crippen molar-refractivity contribution in [1.82, 2.24) is 10.3 Å². The van der Waals surface area contributed by atoms with Crippen molar-refractivity contribution in [3.63, 3.8) is 0 Å². The average Bonchev–Trinajstić information content (AvgIpc) is 2.60. The normalized spacial score (nSPS) is 16.6. The number of anilines is 1. The van der Waals surface area contributed by atoms with Gasteiger partial charge in [0.25, 0.3) is 0 Å². The van der Waals surface area contributed by atoms with E-state index in [1.165, 1.54) is 6.42 Å². The molecule has 0 aromatic carbocycles. The van der Waals surface area contributed by atoms with Gasteiger partial charge in [-0.05, 0) is 18.1 Å². The zero-order chi connectivity index (χ0) is 12.1. The molecule has 0 amide bonds. The summed E-state index contributed by atoms with van der Waals surface area (Å²) in [6.07, 6.45) is 1.18. The second-order valence-electron chi connectivity index (χ2n) is 4.58. The van der Waals surface area contributed by atoms with Crippen molar-refractivity contribution >= 4 is 5.82 Å². The molecule has 2 N–H and O–H groups in total. The molecule has 0 radical (unpaired) electrons. The topological polar surface area (TPSA) is 46.2 Å². The maximum Gasteiger partial charge on any atom is 0.219 e. The number of aromatic nitrogens is 1. The van der Waals surface area contributed by atoms with Crippen molar-refractivity contribution in [3.8, 4) is 5.88 Å². The number of hydrogen-bond donors (Lipinski definition) is 2. The van der Waals surface area contributed by atoms with Gasteiger partial charge < -0.3 is 15.4 Å². The minimum Gasteiger partial charge on any atom is -0.476 e. The van der Waals surface area contributed by atoms with Gasteiger partial charge in [0, 0.05) is 25.2 Å². The van der Waals surface area contributed by atoms with E-state index >= 15 is 0 Å². The summed E-state index contributed by atoms with van der Waals surface area (Å²) in [5, 5.41) is 6.65. The molecular weight excluding hydrogens is 214 g/mol. The number of pyridine rings is 1. The fourth-order valence-corrected chi connectivity index (χ4v) is 1.69. The molecule has 17 heavy (non-hydrogen) atoms. The van der Waals surface area contributed by atoms with Gasteiger partial charge in [-0.1, -0.05) is 20.3 Å². The fraction of sp³-hybridized carbons (Fsp3) is 0.615. The molecule has 4 heteroatoms. The van der Waals surface area contributed by atoms with Crippen molar-refractivity contribution in [1.29, 1.82) is 0 Å². The summed E-state index contributed by atoms with van der Waals surface area (Å²) in [6.45, 7) is 7.80. The summed E-state index contributed by atoms with van der Waals surface area (Å²) >= 11 is 0. The maximum atomic E-state index is 5.61. The first-order valence-electron chi connectivity index (χ1n) is 6.37. The molecule has 2 heterocycles. The lowest BCUT2D eigenvalue weighted by Gasteiger charge is -2.12. The number of nitrogens with one attached hydrogen (secondary N) is 2. The molecule has 0 spiro atoms. The monoisotopic (exact) mass is 235 g/mol. The Kier molecular flexibility index (Phi) is 4.20. The Labute approximate surface area is 103 Å². The number of rotatable bonds is 4. The van der Waals surface area contributed by atoms with Crippen molar-refractivity contribution in [2.75, 3.05) is 25.0 Å². The molecule has 1 atom stereocenters. The third kappa shape index (κ3) is 3.33. The second kappa shape index (κ2) is 5.87. The van der Waals surface area contributed by atoms with E-state index in [1.54, 1.807) is 0 Å². The van der Waals surface area contributed by atoms with Gasteiger partial charge in [0.05, 0.1) is 0 Å². The maximum absolute atomic E-state index is 5.61. The highest BCUT2D eigenvalue weighted by Crippen LogP contribution is 2.20. The van der Waals surface area contributed by atoms with E-state index in [0.29, 0.717) is 12.5 Å². The molecule has 1 aliphatic heterocycles. The lowest BCUT2D eigenvalue weighted by atomic mass is 10.1. The van der Waals surface area contributed by atoms with Crippen LogP contribution in [-0.2, 0) is 6.54 Å². The smallest absolute Gasteiger partial charge is 0.219 e. The predicted molar refractivity (Wildman–Crippen MR) is 69.4 cm³/mol. The minimum absolute atomic E-state index is 0.665. The van der Waals surface area contributed by atoms with Crippen LogP contribution in [-0.4, -0.2) is 24.7 Å². The van der Waals surface area contributed by atoms with Crippen molar-refractivity contribution in [2.45, 2.75) is 26.8 Å². The summed E-state index contributed by atoms with van der Waals surface area (Å²) in [4.78, 5) is 4.51. The number of nitrogens with zero attached hydrogens (tertiary/aromatic N) is 1. The summed E-state index contributed by atoms with van der Waals surface area (Å²) in [5.74, 6) is 2.34. The van der Waals surface area contributed by atoms with Crippen LogP contribution in [0.4, 0.5) is 5.82 Å². The van der Waals surface area contributed by atoms with Crippen molar-refractivity contribution in [3.05, 3.63) is 17.7 Å². The molecule has 0 saturated heterocycles. The molecule has 0 fully saturated rings. The minimum atomic E-state index is 0.665. The second-order valence-corrected chi connectivity index (χ2v) is 4.58. The van der Waals surface area contributed by atoms with Crippen LogP contribution in [0.25, 0.3) is 0 Å². The highest BCUT2D eigenvalue weighted by Gasteiger charge is 2.10. The molecule has 1 aromatic heterocycles. The van der Waals surface area contributed by atoms with Gasteiger partial charge in [0.2, 0.25) is 5.88 Å². The quantitative estimate of drug-likeness (QED) is 0.838. The van der Waals surface area contributed by atoms with E-state index in [4.69, 9.17) is 4.74 Å². The molecule has 1 unspecified atom stereocenters. The van der Waals surface area contributed by atoms with Crippen LogP contribution in [0.1, 0.15) is 25.8 Å². The van der Waals surface area contributed by atoms with Crippen LogP contribution >= 0.6 is 0 Å². The lowest BCUT2D eigenvalue weighted by molar-refractivity contribution is 0.314. The van der Waals surface area contributed by atoms with Crippen LogP contribution in [0.2, 0.25) is 0 Å². The third-order valence-corrected chi connectivity index (χ3v) is 3.10. The molecule has 0 aliphatic carbocycles. The summed E-state index contributed by atoms with van der Waals surface area (Å²) < 4.78 is 5.61. The Balaban J connectivity index is 2.02. The van der Waals surface area contributed by atoms with E-state index in [1.807, 2.05) is 6.07 Å². The summed E-state index contributed by atoms with van der Waals surface area (Å²) in [6, 6.07) is 4.11. The number of hydrogen-bond acceptors (Lipinski definition) is 4. The largest absolute Gasteiger partial charge is 0.476 e. The van der Waals surface area contributed by atoms with Crippen LogP contribution in [0.5, 0.6) is 5.88 Å². The summed E-state index contributed by atoms with van der Waals surface area (Å²) in [5.41, 5.74) is 1.14. The van der Waals surface area contributed by atoms with Gasteiger partial charge in [-0.25, -0.2) is 0 Å². The van der Waals surface area contributed by atoms with Crippen LogP contribution in [0.3, 0.4) is 0 Å². The van der Waals surface area contributed by atoms with Gasteiger partial charge in [-0.2, -0.15) is 4.98 Å². The van der Waals surface area contributed by atoms with E-state index in [0.717, 1.165) is 36.9 Å². The van der Waals surface area contributed by atoms with Crippen LogP contribution < -0.4 is 15.4 Å². The lowest BCUT2D eigenvalue weighted by Crippen LogP contribution is -2.16. The van der Waals surface area contributed by atoms with E-state index in [-0.39, 0.29) is 0 Å². The molecule has 2 rings (SSSR count). The first-order valence-corrected chi connectivity index (χ1v) is 6.37. The first-order chi connectivity index (χ1) is 8.29. The highest BCUT2D eigenvalue weighted by molar-refractivity contribution is 5.41. The molecule has 4 nitrogen and oxygen atoms in total. The molecule has 1 aliphatic rings. The van der Waals surface area contributed by atoms with Gasteiger partial charge in [0.15, 0.2) is 0 Å². The highest BCUT2D eigenvalue weighted by atomic mass is 16.5. The average molecular weight is 235 g/mol. The molecule has 94 valence electrons. The Morgan fingerprint density at radius 3 is 3.24 bits per heavy atom. The third-order valence-electron chi connectivity index (χ3n) is 3.10. The van der Waals surface area contributed by atoms with Crippen LogP contribution in [0, 0.1) is 5.92 Å². The fourth-order valence-electron chi connectivity index (χ4n) is 1.69. The Morgan fingerprint density at radius 1 is 1.53 bits per heavy atom. The standard InChI is InChI=1S/C13H21N3O/c1-3-10(2)8-15-12-5-4-11-9-14-6-7-17-13(11)16-12/h4-5,10,14H,3,6-9H2,1-2H3,(H,15,16). The summed E-state index contributed by atoms with van der Waals surface area (Å²) in [7, 11) is 0. The Hall–Kier alpha value is -1.29. The Bertz CT molecular complexity index is 368. The van der Waals surface area contributed by atoms with E-state index in [9.17, 15) is 0 Å². The van der Waals surface area contributed by atoms with Crippen molar-refractivity contribution in [2.24, 2.45) is 5.92 Å². The van der Waals surface area contributed by atoms with E-state index in [2.05, 4.69) is 35.5 Å². The molecule has 0 bridgehead atoms. The predicted octanol–water partition coefficient (Wildman–Crippen LogP) is 2.02. The number of ether oxygens (including phenoxy) is 1. The first kappa shape index (κ1) is 12.2. The van der Waals surface area contributed by atoms with E-state index < -0.39 is 0 Å². The van der Waals surface area contributed by atoms with Crippen LogP contribution in [0.15, 0.2) is 12.1 Å². The molecule has 0 saturated carbocycles. The van der Waals surface area contributed by atoms with Gasteiger partial charge in [0.1, 0.15) is 12.4 Å². The Morgan fingerprint density at radius 2 is 2.41 bits per heavy atom. The van der Waals surface area contributed by atoms with Crippen molar-refractivity contribution < 1.29 is 4.74 Å². The van der Waals surface area contributed by atoms with Gasteiger partial charge >= 0.3 is 0 Å².